The van der Waals surface area contributed by atoms with Gasteiger partial charge in [-0.3, -0.25) is 0 Å². The number of rotatable bonds is 3. The van der Waals surface area contributed by atoms with Crippen LogP contribution in [-0.2, 0) is 11.3 Å². The third kappa shape index (κ3) is 1.83. The van der Waals surface area contributed by atoms with Crippen LogP contribution in [0.15, 0.2) is 0 Å². The van der Waals surface area contributed by atoms with Gasteiger partial charge in [-0.05, 0) is 13.8 Å². The number of hydrogen-bond donors (Lipinski definition) is 1. The van der Waals surface area contributed by atoms with E-state index in [0.717, 1.165) is 15.6 Å². The van der Waals surface area contributed by atoms with Crippen LogP contribution in [0.5, 0.6) is 0 Å². The van der Waals surface area contributed by atoms with Crippen molar-refractivity contribution in [1.82, 2.24) is 4.98 Å². The minimum Gasteiger partial charge on any atom is -0.375 e. The number of aryl methyl sites for hydroxylation is 1. The molecule has 0 saturated carbocycles. The maximum Gasteiger partial charge on any atom is 0.122 e. The van der Waals surface area contributed by atoms with Crippen molar-refractivity contribution >= 4 is 11.3 Å². The van der Waals surface area contributed by atoms with E-state index in [-0.39, 0.29) is 6.10 Å². The Morgan fingerprint density at radius 3 is 2.75 bits per heavy atom. The molecule has 4 heteroatoms. The van der Waals surface area contributed by atoms with E-state index < -0.39 is 0 Å². The highest BCUT2D eigenvalue weighted by Crippen LogP contribution is 2.24. The number of ether oxygens (including phenoxy) is 1. The van der Waals surface area contributed by atoms with Crippen LogP contribution in [0.3, 0.4) is 0 Å². The fourth-order valence-corrected chi connectivity index (χ4v) is 1.89. The summed E-state index contributed by atoms with van der Waals surface area (Å²) in [5.74, 6) is 0. The van der Waals surface area contributed by atoms with Crippen molar-refractivity contribution in [2.45, 2.75) is 26.5 Å². The summed E-state index contributed by atoms with van der Waals surface area (Å²) >= 11 is 1.63. The van der Waals surface area contributed by atoms with E-state index in [1.54, 1.807) is 18.4 Å². The lowest BCUT2D eigenvalue weighted by molar-refractivity contribution is 0.119. The van der Waals surface area contributed by atoms with Gasteiger partial charge in [-0.2, -0.15) is 0 Å². The lowest BCUT2D eigenvalue weighted by Crippen LogP contribution is -1.94. The first-order valence-electron chi connectivity index (χ1n) is 3.88. The summed E-state index contributed by atoms with van der Waals surface area (Å²) in [6, 6.07) is 0. The van der Waals surface area contributed by atoms with Crippen molar-refractivity contribution in [3.8, 4) is 0 Å². The molecule has 1 aromatic heterocycles. The van der Waals surface area contributed by atoms with Crippen molar-refractivity contribution in [3.63, 3.8) is 0 Å². The normalized spacial score (nSPS) is 13.3. The van der Waals surface area contributed by atoms with Crippen LogP contribution in [0.2, 0.25) is 0 Å². The number of hydrogen-bond acceptors (Lipinski definition) is 4. The second-order valence-electron chi connectivity index (χ2n) is 2.64. The third-order valence-corrected chi connectivity index (χ3v) is 3.14. The Labute approximate surface area is 76.6 Å². The molecule has 0 spiro atoms. The predicted molar refractivity (Wildman–Crippen MR) is 50.2 cm³/mol. The molecular formula is C8H14N2OS. The van der Waals surface area contributed by atoms with E-state index >= 15 is 0 Å². The van der Waals surface area contributed by atoms with Gasteiger partial charge in [0.15, 0.2) is 0 Å². The van der Waals surface area contributed by atoms with Crippen molar-refractivity contribution in [3.05, 3.63) is 15.6 Å². The Bertz CT molecular complexity index is 260. The zero-order chi connectivity index (χ0) is 9.14. The smallest absolute Gasteiger partial charge is 0.122 e. The van der Waals surface area contributed by atoms with Gasteiger partial charge in [0.25, 0.3) is 0 Å². The fourth-order valence-electron chi connectivity index (χ4n) is 0.915. The fraction of sp³-hybridized carbons (Fsp3) is 0.625. The van der Waals surface area contributed by atoms with Crippen LogP contribution in [0.1, 0.15) is 28.6 Å². The van der Waals surface area contributed by atoms with E-state index in [9.17, 15) is 0 Å². The zero-order valence-corrected chi connectivity index (χ0v) is 8.44. The minimum atomic E-state index is 0.0778. The molecule has 0 radical (unpaired) electrons. The summed E-state index contributed by atoms with van der Waals surface area (Å²) in [5, 5.41) is 1.01. The van der Waals surface area contributed by atoms with Crippen LogP contribution in [0.25, 0.3) is 0 Å². The van der Waals surface area contributed by atoms with Crippen molar-refractivity contribution in [2.24, 2.45) is 5.73 Å². The topological polar surface area (TPSA) is 48.1 Å². The zero-order valence-electron chi connectivity index (χ0n) is 7.63. The van der Waals surface area contributed by atoms with Crippen LogP contribution in [0, 0.1) is 6.92 Å². The molecule has 68 valence electrons. The Morgan fingerprint density at radius 2 is 2.33 bits per heavy atom. The van der Waals surface area contributed by atoms with Gasteiger partial charge in [0, 0.05) is 18.5 Å². The molecule has 0 aliphatic rings. The Morgan fingerprint density at radius 1 is 1.67 bits per heavy atom. The molecule has 0 saturated heterocycles. The summed E-state index contributed by atoms with van der Waals surface area (Å²) in [7, 11) is 1.68. The molecule has 1 unspecified atom stereocenters. The molecule has 0 amide bonds. The second-order valence-corrected chi connectivity index (χ2v) is 3.76. The highest BCUT2D eigenvalue weighted by Gasteiger charge is 2.11. The average Bonchev–Trinajstić information content (AvgIpc) is 2.45. The lowest BCUT2D eigenvalue weighted by atomic mass is 10.4. The van der Waals surface area contributed by atoms with Gasteiger partial charge in [-0.15, -0.1) is 11.3 Å². The number of methoxy groups -OCH3 is 1. The van der Waals surface area contributed by atoms with Gasteiger partial charge < -0.3 is 10.5 Å². The van der Waals surface area contributed by atoms with E-state index in [1.807, 2.05) is 13.8 Å². The van der Waals surface area contributed by atoms with Gasteiger partial charge in [-0.1, -0.05) is 0 Å². The standard InChI is InChI=1S/C8H14N2OS/c1-5-7(4-9)12-8(10-5)6(2)11-3/h6H,4,9H2,1-3H3. The number of nitrogens with two attached hydrogens (primary N) is 1. The summed E-state index contributed by atoms with van der Waals surface area (Å²) in [6.45, 7) is 4.53. The van der Waals surface area contributed by atoms with Crippen molar-refractivity contribution < 1.29 is 4.74 Å². The highest BCUT2D eigenvalue weighted by atomic mass is 32.1. The van der Waals surface area contributed by atoms with E-state index in [2.05, 4.69) is 4.98 Å². The molecule has 0 aromatic carbocycles. The molecule has 1 rings (SSSR count). The van der Waals surface area contributed by atoms with E-state index in [1.165, 1.54) is 0 Å². The lowest BCUT2D eigenvalue weighted by Gasteiger charge is -2.03. The van der Waals surface area contributed by atoms with Gasteiger partial charge in [0.05, 0.1) is 5.69 Å². The first-order valence-corrected chi connectivity index (χ1v) is 4.69. The highest BCUT2D eigenvalue weighted by molar-refractivity contribution is 7.11. The Hall–Kier alpha value is -0.450. The predicted octanol–water partition coefficient (Wildman–Crippen LogP) is 1.62. The van der Waals surface area contributed by atoms with Gasteiger partial charge >= 0.3 is 0 Å². The average molecular weight is 186 g/mol. The Balaban J connectivity index is 2.88. The quantitative estimate of drug-likeness (QED) is 0.780. The monoisotopic (exact) mass is 186 g/mol. The molecule has 1 aromatic rings. The van der Waals surface area contributed by atoms with E-state index in [4.69, 9.17) is 10.5 Å². The molecule has 0 aliphatic heterocycles. The molecule has 1 atom stereocenters. The SMILES string of the molecule is COC(C)c1nc(C)c(CN)s1. The number of nitrogens with zero attached hydrogens (tertiary/aromatic N) is 1. The number of aromatic nitrogens is 1. The van der Waals surface area contributed by atoms with Crippen molar-refractivity contribution in [2.75, 3.05) is 7.11 Å². The van der Waals surface area contributed by atoms with Crippen LogP contribution in [-0.4, -0.2) is 12.1 Å². The van der Waals surface area contributed by atoms with Gasteiger partial charge in [-0.25, -0.2) is 4.98 Å². The molecule has 1 heterocycles. The first-order chi connectivity index (χ1) is 5.69. The second kappa shape index (κ2) is 3.98. The van der Waals surface area contributed by atoms with Crippen molar-refractivity contribution in [1.29, 1.82) is 0 Å². The summed E-state index contributed by atoms with van der Waals surface area (Å²) in [6.07, 6.45) is 0.0778. The van der Waals surface area contributed by atoms with Crippen LogP contribution >= 0.6 is 11.3 Å². The van der Waals surface area contributed by atoms with Crippen LogP contribution < -0.4 is 5.73 Å². The largest absolute Gasteiger partial charge is 0.375 e. The summed E-state index contributed by atoms with van der Waals surface area (Å²) in [5.41, 5.74) is 6.56. The third-order valence-electron chi connectivity index (χ3n) is 1.80. The molecule has 3 nitrogen and oxygen atoms in total. The summed E-state index contributed by atoms with van der Waals surface area (Å²) < 4.78 is 5.16. The maximum absolute atomic E-state index is 5.54. The maximum atomic E-state index is 5.54. The molecular weight excluding hydrogens is 172 g/mol. The molecule has 0 aliphatic carbocycles. The van der Waals surface area contributed by atoms with Gasteiger partial charge in [0.1, 0.15) is 11.1 Å². The first kappa shape index (κ1) is 9.64. The Kier molecular flexibility index (Phi) is 3.20. The van der Waals surface area contributed by atoms with E-state index in [0.29, 0.717) is 6.54 Å². The van der Waals surface area contributed by atoms with Gasteiger partial charge in [0.2, 0.25) is 0 Å². The summed E-state index contributed by atoms with van der Waals surface area (Å²) in [4.78, 5) is 5.51. The molecule has 0 bridgehead atoms. The molecule has 12 heavy (non-hydrogen) atoms. The van der Waals surface area contributed by atoms with Crippen LogP contribution in [0.4, 0.5) is 0 Å². The minimum absolute atomic E-state index is 0.0778. The number of thiazole rings is 1. The molecule has 0 fully saturated rings. The molecule has 2 N–H and O–H groups in total.